The monoisotopic (exact) mass is 377 g/mol. The SMILES string of the molecule is CCC(=O)N1CCCC(C(=O)OCc2nc(-c3ccc(Cl)cc3)no2)C1. The van der Waals surface area contributed by atoms with E-state index in [9.17, 15) is 9.59 Å². The maximum atomic E-state index is 12.3. The highest BCUT2D eigenvalue weighted by molar-refractivity contribution is 6.30. The van der Waals surface area contributed by atoms with Gasteiger partial charge in [-0.2, -0.15) is 4.98 Å². The molecule has 1 aromatic carbocycles. The number of piperidine rings is 1. The number of nitrogens with zero attached hydrogens (tertiary/aromatic N) is 3. The zero-order valence-electron chi connectivity index (χ0n) is 14.5. The van der Waals surface area contributed by atoms with Crippen LogP contribution in [0.25, 0.3) is 11.4 Å². The summed E-state index contributed by atoms with van der Waals surface area (Å²) in [5, 5.41) is 4.50. The molecule has 0 aliphatic carbocycles. The number of carbonyl (C=O) groups excluding carboxylic acids is 2. The van der Waals surface area contributed by atoms with Gasteiger partial charge in [0.1, 0.15) is 0 Å². The molecule has 1 atom stereocenters. The summed E-state index contributed by atoms with van der Waals surface area (Å²) in [4.78, 5) is 30.0. The van der Waals surface area contributed by atoms with Gasteiger partial charge in [-0.1, -0.05) is 23.7 Å². The summed E-state index contributed by atoms with van der Waals surface area (Å²) in [6.45, 7) is 2.84. The van der Waals surface area contributed by atoms with Crippen molar-refractivity contribution in [2.75, 3.05) is 13.1 Å². The lowest BCUT2D eigenvalue weighted by atomic mass is 9.98. The normalized spacial score (nSPS) is 17.2. The minimum Gasteiger partial charge on any atom is -0.455 e. The van der Waals surface area contributed by atoms with Gasteiger partial charge >= 0.3 is 5.97 Å². The lowest BCUT2D eigenvalue weighted by molar-refractivity contribution is -0.153. The Hall–Kier alpha value is -2.41. The summed E-state index contributed by atoms with van der Waals surface area (Å²) in [6.07, 6.45) is 1.95. The Labute approximate surface area is 156 Å². The van der Waals surface area contributed by atoms with E-state index >= 15 is 0 Å². The molecule has 1 aromatic heterocycles. The van der Waals surface area contributed by atoms with Gasteiger partial charge in [0.25, 0.3) is 5.89 Å². The van der Waals surface area contributed by atoms with E-state index in [1.165, 1.54) is 0 Å². The molecule has 3 rings (SSSR count). The standard InChI is InChI=1S/C18H20ClN3O4/c1-2-16(23)22-9-3-4-13(10-22)18(24)25-11-15-20-17(21-26-15)12-5-7-14(19)8-6-12/h5-8,13H,2-4,9-11H2,1H3. The number of amides is 1. The number of halogens is 1. The Morgan fingerprint density at radius 1 is 1.35 bits per heavy atom. The molecule has 0 bridgehead atoms. The molecule has 0 N–H and O–H groups in total. The minimum atomic E-state index is -0.343. The predicted octanol–water partition coefficient (Wildman–Crippen LogP) is 3.08. The third-order valence-corrected chi connectivity index (χ3v) is 4.57. The highest BCUT2D eigenvalue weighted by Crippen LogP contribution is 2.21. The van der Waals surface area contributed by atoms with E-state index in [1.54, 1.807) is 29.2 Å². The molecule has 0 saturated carbocycles. The van der Waals surface area contributed by atoms with Crippen LogP contribution in [0.5, 0.6) is 0 Å². The maximum absolute atomic E-state index is 12.3. The van der Waals surface area contributed by atoms with E-state index < -0.39 is 0 Å². The molecule has 138 valence electrons. The molecule has 0 radical (unpaired) electrons. The van der Waals surface area contributed by atoms with E-state index in [-0.39, 0.29) is 30.3 Å². The average Bonchev–Trinajstić information content (AvgIpc) is 3.15. The zero-order chi connectivity index (χ0) is 18.5. The van der Waals surface area contributed by atoms with E-state index in [4.69, 9.17) is 20.9 Å². The Kier molecular flexibility index (Phi) is 5.88. The summed E-state index contributed by atoms with van der Waals surface area (Å²) in [5.41, 5.74) is 0.761. The Bertz CT molecular complexity index is 775. The average molecular weight is 378 g/mol. The van der Waals surface area contributed by atoms with Crippen LogP contribution in [0.15, 0.2) is 28.8 Å². The number of hydrogen-bond acceptors (Lipinski definition) is 6. The van der Waals surface area contributed by atoms with E-state index in [0.717, 1.165) is 12.0 Å². The van der Waals surface area contributed by atoms with Gasteiger partial charge in [-0.25, -0.2) is 0 Å². The fourth-order valence-corrected chi connectivity index (χ4v) is 3.03. The number of rotatable bonds is 5. The molecule has 7 nitrogen and oxygen atoms in total. The van der Waals surface area contributed by atoms with Crippen LogP contribution in [0.4, 0.5) is 0 Å². The highest BCUT2D eigenvalue weighted by atomic mass is 35.5. The Balaban J connectivity index is 1.55. The van der Waals surface area contributed by atoms with Gasteiger partial charge in [0.2, 0.25) is 11.7 Å². The van der Waals surface area contributed by atoms with Crippen LogP contribution in [-0.4, -0.2) is 40.0 Å². The Morgan fingerprint density at radius 2 is 2.12 bits per heavy atom. The van der Waals surface area contributed by atoms with Crippen molar-refractivity contribution in [1.82, 2.24) is 15.0 Å². The van der Waals surface area contributed by atoms with Crippen molar-refractivity contribution in [3.05, 3.63) is 35.2 Å². The van der Waals surface area contributed by atoms with Crippen molar-refractivity contribution >= 4 is 23.5 Å². The first-order valence-corrected chi connectivity index (χ1v) is 8.97. The van der Waals surface area contributed by atoms with Crippen LogP contribution in [-0.2, 0) is 20.9 Å². The first-order chi connectivity index (χ1) is 12.6. The van der Waals surface area contributed by atoms with Gasteiger partial charge in [0.05, 0.1) is 5.92 Å². The summed E-state index contributed by atoms with van der Waals surface area (Å²) in [5.74, 6) is 0.0421. The van der Waals surface area contributed by atoms with Crippen molar-refractivity contribution < 1.29 is 18.8 Å². The van der Waals surface area contributed by atoms with Crippen molar-refractivity contribution in [2.45, 2.75) is 32.8 Å². The molecule has 8 heteroatoms. The molecule has 1 fully saturated rings. The quantitative estimate of drug-likeness (QED) is 0.744. The lowest BCUT2D eigenvalue weighted by Crippen LogP contribution is -2.42. The smallest absolute Gasteiger partial charge is 0.311 e. The van der Waals surface area contributed by atoms with Crippen molar-refractivity contribution in [3.8, 4) is 11.4 Å². The molecular formula is C18H20ClN3O4. The van der Waals surface area contributed by atoms with Gasteiger partial charge < -0.3 is 14.2 Å². The molecule has 1 aliphatic rings. The van der Waals surface area contributed by atoms with Crippen LogP contribution in [0.1, 0.15) is 32.1 Å². The van der Waals surface area contributed by atoms with Gasteiger partial charge in [-0.15, -0.1) is 0 Å². The molecule has 1 unspecified atom stereocenters. The molecule has 1 aliphatic heterocycles. The zero-order valence-corrected chi connectivity index (χ0v) is 15.2. The van der Waals surface area contributed by atoms with Crippen LogP contribution in [0.3, 0.4) is 0 Å². The van der Waals surface area contributed by atoms with Crippen molar-refractivity contribution in [1.29, 1.82) is 0 Å². The summed E-state index contributed by atoms with van der Waals surface area (Å²) >= 11 is 5.86. The van der Waals surface area contributed by atoms with E-state index in [0.29, 0.717) is 36.8 Å². The number of aromatic nitrogens is 2. The van der Waals surface area contributed by atoms with E-state index in [2.05, 4.69) is 10.1 Å². The van der Waals surface area contributed by atoms with Gasteiger partial charge in [-0.3, -0.25) is 9.59 Å². The topological polar surface area (TPSA) is 85.5 Å². The third-order valence-electron chi connectivity index (χ3n) is 4.32. The highest BCUT2D eigenvalue weighted by Gasteiger charge is 2.29. The third kappa shape index (κ3) is 4.40. The predicted molar refractivity (Wildman–Crippen MR) is 94.1 cm³/mol. The molecule has 0 spiro atoms. The first kappa shape index (κ1) is 18.4. The number of esters is 1. The number of benzene rings is 1. The number of carbonyl (C=O) groups is 2. The molecular weight excluding hydrogens is 358 g/mol. The van der Waals surface area contributed by atoms with Crippen LogP contribution >= 0.6 is 11.6 Å². The van der Waals surface area contributed by atoms with Crippen LogP contribution in [0, 0.1) is 5.92 Å². The largest absolute Gasteiger partial charge is 0.455 e. The Morgan fingerprint density at radius 3 is 2.85 bits per heavy atom. The second-order valence-corrected chi connectivity index (χ2v) is 6.60. The number of likely N-dealkylation sites (tertiary alicyclic amines) is 1. The summed E-state index contributed by atoms with van der Waals surface area (Å²) in [6, 6.07) is 7.04. The fraction of sp³-hybridized carbons (Fsp3) is 0.444. The molecule has 1 saturated heterocycles. The minimum absolute atomic E-state index is 0.0620. The van der Waals surface area contributed by atoms with Gasteiger partial charge in [-0.05, 0) is 37.1 Å². The molecule has 26 heavy (non-hydrogen) atoms. The summed E-state index contributed by atoms with van der Waals surface area (Å²) in [7, 11) is 0. The van der Waals surface area contributed by atoms with Crippen molar-refractivity contribution in [3.63, 3.8) is 0 Å². The molecule has 2 aromatic rings. The second kappa shape index (κ2) is 8.31. The van der Waals surface area contributed by atoms with Gasteiger partial charge in [0.15, 0.2) is 6.61 Å². The fourth-order valence-electron chi connectivity index (χ4n) is 2.90. The lowest BCUT2D eigenvalue weighted by Gasteiger charge is -2.31. The first-order valence-electron chi connectivity index (χ1n) is 8.59. The van der Waals surface area contributed by atoms with Crippen LogP contribution < -0.4 is 0 Å². The summed E-state index contributed by atoms with van der Waals surface area (Å²) < 4.78 is 10.4. The van der Waals surface area contributed by atoms with E-state index in [1.807, 2.05) is 6.92 Å². The van der Waals surface area contributed by atoms with Crippen LogP contribution in [0.2, 0.25) is 5.02 Å². The maximum Gasteiger partial charge on any atom is 0.311 e. The number of hydrogen-bond donors (Lipinski definition) is 0. The molecule has 1 amide bonds. The van der Waals surface area contributed by atoms with Gasteiger partial charge in [0, 0.05) is 30.1 Å². The van der Waals surface area contributed by atoms with Crippen molar-refractivity contribution in [2.24, 2.45) is 5.92 Å². The second-order valence-electron chi connectivity index (χ2n) is 6.16. The number of ether oxygens (including phenoxy) is 1. The molecule has 2 heterocycles.